The minimum Gasteiger partial charge on any atom is -0.309 e. The molecule has 0 bridgehead atoms. The number of rotatable bonds is 22. The van der Waals surface area contributed by atoms with Gasteiger partial charge >= 0.3 is 0 Å². The summed E-state index contributed by atoms with van der Waals surface area (Å²) in [6.45, 7) is 9.00. The molecule has 93 heavy (non-hydrogen) atoms. The van der Waals surface area contributed by atoms with Gasteiger partial charge < -0.3 is 9.13 Å². The van der Waals surface area contributed by atoms with Gasteiger partial charge in [-0.25, -0.2) is 0 Å². The highest BCUT2D eigenvalue weighted by molar-refractivity contribution is 6.13. The van der Waals surface area contributed by atoms with Crippen LogP contribution in [0.5, 0.6) is 0 Å². The first kappa shape index (κ1) is 59.5. The Labute approximate surface area is 550 Å². The van der Waals surface area contributed by atoms with Crippen LogP contribution < -0.4 is 0 Å². The molecule has 0 fully saturated rings. The molecule has 0 spiro atoms. The van der Waals surface area contributed by atoms with Crippen molar-refractivity contribution in [3.05, 3.63) is 289 Å². The normalized spacial score (nSPS) is 12.6. The number of aryl methyl sites for hydroxylation is 2. The Kier molecular flexibility index (Phi) is 16.7. The Morgan fingerprint density at radius 1 is 0.247 bits per heavy atom. The van der Waals surface area contributed by atoms with Gasteiger partial charge in [0.1, 0.15) is 0 Å². The van der Waals surface area contributed by atoms with Crippen LogP contribution in [0, 0.1) is 13.8 Å². The highest BCUT2D eigenvalue weighted by Crippen LogP contribution is 2.56. The number of nitrogens with zero attached hydrogens (tertiary/aromatic N) is 2. The summed E-state index contributed by atoms with van der Waals surface area (Å²) in [5, 5.41) is 5.00. The number of fused-ring (bicyclic) bond motifs is 9. The Balaban J connectivity index is 0.796. The van der Waals surface area contributed by atoms with Crippen molar-refractivity contribution >= 4 is 43.6 Å². The molecule has 0 N–H and O–H groups in total. The lowest BCUT2D eigenvalue weighted by atomic mass is 9.70. The number of aromatic nitrogens is 2. The Morgan fingerprint density at radius 2 is 0.581 bits per heavy atom. The van der Waals surface area contributed by atoms with E-state index < -0.39 is 0 Å². The maximum Gasteiger partial charge on any atom is 0.0541 e. The molecule has 15 rings (SSSR count). The summed E-state index contributed by atoms with van der Waals surface area (Å²) >= 11 is 0. The zero-order valence-electron chi connectivity index (χ0n) is 54.7. The third kappa shape index (κ3) is 11.5. The molecule has 458 valence electrons. The highest BCUT2D eigenvalue weighted by atomic mass is 15.0. The lowest BCUT2D eigenvalue weighted by Gasteiger charge is -2.33. The molecular weight excluding hydrogens is 1120 g/mol. The van der Waals surface area contributed by atoms with Gasteiger partial charge in [0.15, 0.2) is 0 Å². The maximum absolute atomic E-state index is 2.63. The third-order valence-electron chi connectivity index (χ3n) is 20.7. The van der Waals surface area contributed by atoms with Crippen LogP contribution in [0.15, 0.2) is 267 Å². The van der Waals surface area contributed by atoms with Gasteiger partial charge in [-0.1, -0.05) is 290 Å². The summed E-state index contributed by atoms with van der Waals surface area (Å²) in [5.74, 6) is 0. The lowest BCUT2D eigenvalue weighted by molar-refractivity contribution is 0.398. The van der Waals surface area contributed by atoms with Gasteiger partial charge in [-0.15, -0.1) is 0 Å². The molecule has 14 aromatic rings. The highest BCUT2D eigenvalue weighted by Gasteiger charge is 2.43. The topological polar surface area (TPSA) is 9.86 Å². The van der Waals surface area contributed by atoms with Gasteiger partial charge in [0, 0.05) is 38.3 Å². The summed E-state index contributed by atoms with van der Waals surface area (Å²) in [6, 6.07) is 102. The van der Waals surface area contributed by atoms with E-state index in [2.05, 4.69) is 304 Å². The van der Waals surface area contributed by atoms with Crippen molar-refractivity contribution in [2.75, 3.05) is 0 Å². The molecule has 0 atom stereocenters. The first-order valence-electron chi connectivity index (χ1n) is 34.7. The quantitative estimate of drug-likeness (QED) is 0.0599. The summed E-state index contributed by atoms with van der Waals surface area (Å²) in [4.78, 5) is 0. The molecule has 2 heterocycles. The van der Waals surface area contributed by atoms with E-state index >= 15 is 0 Å². The maximum atomic E-state index is 2.63. The molecule has 2 heteroatoms. The van der Waals surface area contributed by atoms with E-state index in [9.17, 15) is 0 Å². The summed E-state index contributed by atoms with van der Waals surface area (Å²) in [5.41, 5.74) is 30.5. The first-order valence-corrected chi connectivity index (χ1v) is 34.7. The summed E-state index contributed by atoms with van der Waals surface area (Å²) < 4.78 is 4.89. The van der Waals surface area contributed by atoms with E-state index in [4.69, 9.17) is 0 Å². The van der Waals surface area contributed by atoms with Gasteiger partial charge in [0.2, 0.25) is 0 Å². The second-order valence-electron chi connectivity index (χ2n) is 26.8. The van der Waals surface area contributed by atoms with Crippen LogP contribution in [0.1, 0.15) is 126 Å². The Hall–Kier alpha value is -9.76. The van der Waals surface area contributed by atoms with E-state index in [0.717, 1.165) is 5.69 Å². The van der Waals surface area contributed by atoms with Crippen molar-refractivity contribution in [1.82, 2.24) is 9.13 Å². The van der Waals surface area contributed by atoms with Crippen LogP contribution in [0.2, 0.25) is 0 Å². The molecule has 0 unspecified atom stereocenters. The fourth-order valence-corrected chi connectivity index (χ4v) is 15.6. The molecular formula is C91H84N2. The third-order valence-corrected chi connectivity index (χ3v) is 20.7. The minimum atomic E-state index is -0.0606. The molecule has 0 amide bonds. The van der Waals surface area contributed by atoms with Crippen LogP contribution in [-0.4, -0.2) is 9.13 Å². The predicted molar refractivity (Wildman–Crippen MR) is 399 cm³/mol. The van der Waals surface area contributed by atoms with Gasteiger partial charge in [0.25, 0.3) is 0 Å². The lowest BCUT2D eigenvalue weighted by Crippen LogP contribution is -2.25. The van der Waals surface area contributed by atoms with Crippen LogP contribution in [0.4, 0.5) is 0 Å². The average molecular weight is 1210 g/mol. The molecule has 0 radical (unpaired) electrons. The molecule has 2 nitrogen and oxygen atoms in total. The molecule has 2 aromatic heterocycles. The summed E-state index contributed by atoms with van der Waals surface area (Å²) in [7, 11) is 0. The van der Waals surface area contributed by atoms with E-state index in [1.54, 1.807) is 5.56 Å². The van der Waals surface area contributed by atoms with Crippen molar-refractivity contribution in [2.24, 2.45) is 0 Å². The SMILES string of the molecule is CCCCCCCCC1(CCCCCCCC)c2cc(-c3ccc(-c4ccc(C)cc4)cc3)ccc2-c2ccc(-c3ccc(-c4cc(-c5ccc(C)cc5)cc(-n5c6ccccc6c6cc(-c7ccc8c(c7)c7ccccc7n8-c7ccccc7)ccc65)c4)cc3)cc21. The zero-order valence-corrected chi connectivity index (χ0v) is 54.7. The molecule has 12 aromatic carbocycles. The van der Waals surface area contributed by atoms with Crippen LogP contribution >= 0.6 is 0 Å². The van der Waals surface area contributed by atoms with Crippen molar-refractivity contribution < 1.29 is 0 Å². The van der Waals surface area contributed by atoms with E-state index in [1.807, 2.05) is 0 Å². The number of hydrogen-bond acceptors (Lipinski definition) is 0. The second kappa shape index (κ2) is 26.1. The minimum absolute atomic E-state index is 0.0606. The van der Waals surface area contributed by atoms with Crippen molar-refractivity contribution in [3.8, 4) is 89.3 Å². The van der Waals surface area contributed by atoms with Crippen molar-refractivity contribution in [3.63, 3.8) is 0 Å². The molecule has 1 aliphatic carbocycles. The first-order chi connectivity index (χ1) is 45.8. The largest absolute Gasteiger partial charge is 0.309 e. The molecule has 0 saturated carbocycles. The smallest absolute Gasteiger partial charge is 0.0541 e. The van der Waals surface area contributed by atoms with Crippen LogP contribution in [-0.2, 0) is 5.41 Å². The molecule has 1 aliphatic rings. The fraction of sp³-hybridized carbons (Fsp3) is 0.209. The van der Waals surface area contributed by atoms with Gasteiger partial charge in [-0.3, -0.25) is 0 Å². The molecule has 0 saturated heterocycles. The standard InChI is InChI=1S/C91H84N2/c1-5-7-9-11-13-22-54-91(55-23-14-12-10-8-6-2)85-61-73(67-40-38-66(39-41-67)65-34-30-63(3)31-35-65)46-50-79(85)80-51-47-74(62-86(80)91)68-42-44-70(45-43-68)76-56-75(69-36-32-64(4)33-37-69)57-78(58-76)93-88-29-21-19-27-82(88)84-60-72(49-53-90(84)93)71-48-52-89-83(59-71)81-26-18-20-28-87(81)92(89)77-24-16-15-17-25-77/h15-21,24-53,56-62H,5-14,22-23,54-55H2,1-4H3. The summed E-state index contributed by atoms with van der Waals surface area (Å²) in [6.07, 6.45) is 17.9. The van der Waals surface area contributed by atoms with Gasteiger partial charge in [-0.2, -0.15) is 0 Å². The average Bonchev–Trinajstić information content (AvgIpc) is 1.58. The number of benzene rings is 12. The second-order valence-corrected chi connectivity index (χ2v) is 26.8. The predicted octanol–water partition coefficient (Wildman–Crippen LogP) is 26.3. The Bertz CT molecular complexity index is 4960. The zero-order chi connectivity index (χ0) is 62.8. The van der Waals surface area contributed by atoms with Crippen LogP contribution in [0.3, 0.4) is 0 Å². The van der Waals surface area contributed by atoms with E-state index in [1.165, 1.54) is 234 Å². The number of hydrogen-bond donors (Lipinski definition) is 0. The Morgan fingerprint density at radius 3 is 1.03 bits per heavy atom. The van der Waals surface area contributed by atoms with Gasteiger partial charge in [-0.05, 0) is 195 Å². The number of para-hydroxylation sites is 3. The fourth-order valence-electron chi connectivity index (χ4n) is 15.6. The van der Waals surface area contributed by atoms with Crippen molar-refractivity contribution in [2.45, 2.75) is 123 Å². The molecule has 0 aliphatic heterocycles. The number of unbranched alkanes of at least 4 members (excludes halogenated alkanes) is 10. The van der Waals surface area contributed by atoms with Crippen LogP contribution in [0.25, 0.3) is 133 Å². The van der Waals surface area contributed by atoms with E-state index in [-0.39, 0.29) is 5.41 Å². The van der Waals surface area contributed by atoms with E-state index in [0.29, 0.717) is 0 Å². The van der Waals surface area contributed by atoms with Gasteiger partial charge in [0.05, 0.1) is 22.1 Å². The van der Waals surface area contributed by atoms with Crippen molar-refractivity contribution in [1.29, 1.82) is 0 Å². The monoisotopic (exact) mass is 1200 g/mol.